The van der Waals surface area contributed by atoms with Gasteiger partial charge in [0, 0.05) is 16.4 Å². The van der Waals surface area contributed by atoms with Crippen LogP contribution in [0, 0.1) is 13.8 Å². The molecule has 0 bridgehead atoms. The number of nitrogens with one attached hydrogen (secondary N) is 1. The van der Waals surface area contributed by atoms with Crippen LogP contribution in [0.3, 0.4) is 0 Å². The van der Waals surface area contributed by atoms with Gasteiger partial charge < -0.3 is 4.74 Å². The maximum atomic E-state index is 11.2. The summed E-state index contributed by atoms with van der Waals surface area (Å²) in [7, 11) is 2.75. The molecular formula is C10H12ClNO4S. The average Bonchev–Trinajstić information content (AvgIpc) is 2.21. The first kappa shape index (κ1) is 13.8. The zero-order chi connectivity index (χ0) is 13.2. The molecule has 0 saturated carbocycles. The van der Waals surface area contributed by atoms with Crippen LogP contribution < -0.4 is 5.32 Å². The van der Waals surface area contributed by atoms with Crippen LogP contribution >= 0.6 is 10.7 Å². The summed E-state index contributed by atoms with van der Waals surface area (Å²) < 4.78 is 27.0. The fraction of sp³-hybridized carbons (Fsp3) is 0.300. The number of carbonyl (C=O) groups is 1. The van der Waals surface area contributed by atoms with Crippen molar-refractivity contribution in [1.82, 2.24) is 0 Å². The van der Waals surface area contributed by atoms with E-state index in [-0.39, 0.29) is 4.90 Å². The quantitative estimate of drug-likeness (QED) is 0.843. The molecule has 0 spiro atoms. The van der Waals surface area contributed by atoms with Crippen molar-refractivity contribution in [2.45, 2.75) is 18.7 Å². The summed E-state index contributed by atoms with van der Waals surface area (Å²) in [6, 6.07) is 2.93. The van der Waals surface area contributed by atoms with Gasteiger partial charge in [0.15, 0.2) is 0 Å². The molecule has 0 atom stereocenters. The highest BCUT2D eigenvalue weighted by Crippen LogP contribution is 2.26. The van der Waals surface area contributed by atoms with E-state index < -0.39 is 15.1 Å². The summed E-state index contributed by atoms with van der Waals surface area (Å²) in [6.07, 6.45) is -0.617. The van der Waals surface area contributed by atoms with E-state index in [0.717, 1.165) is 0 Å². The predicted octanol–water partition coefficient (Wildman–Crippen LogP) is 2.41. The van der Waals surface area contributed by atoms with Gasteiger partial charge in [0.1, 0.15) is 0 Å². The van der Waals surface area contributed by atoms with Gasteiger partial charge in [-0.2, -0.15) is 0 Å². The Kier molecular flexibility index (Phi) is 4.00. The fourth-order valence-electron chi connectivity index (χ4n) is 1.35. The lowest BCUT2D eigenvalue weighted by atomic mass is 10.1. The van der Waals surface area contributed by atoms with Crippen molar-refractivity contribution in [3.05, 3.63) is 23.3 Å². The Morgan fingerprint density at radius 1 is 1.29 bits per heavy atom. The van der Waals surface area contributed by atoms with E-state index in [9.17, 15) is 13.2 Å². The minimum atomic E-state index is -3.78. The number of halogens is 1. The van der Waals surface area contributed by atoms with Crippen LogP contribution in [0.25, 0.3) is 0 Å². The predicted molar refractivity (Wildman–Crippen MR) is 65.0 cm³/mol. The van der Waals surface area contributed by atoms with Crippen molar-refractivity contribution in [3.8, 4) is 0 Å². The molecule has 0 aliphatic rings. The molecule has 0 aliphatic carbocycles. The highest BCUT2D eigenvalue weighted by Gasteiger charge is 2.16. The smallest absolute Gasteiger partial charge is 0.411 e. The number of rotatable bonds is 2. The van der Waals surface area contributed by atoms with Crippen molar-refractivity contribution in [2.24, 2.45) is 0 Å². The summed E-state index contributed by atoms with van der Waals surface area (Å²) in [6.45, 7) is 3.26. The van der Waals surface area contributed by atoms with Crippen molar-refractivity contribution < 1.29 is 17.9 Å². The normalized spacial score (nSPS) is 11.1. The standard InChI is InChI=1S/C10H12ClNO4S/c1-6-5-9(17(11,14)15)7(2)4-8(6)12-10(13)16-3/h4-5H,1-3H3,(H,12,13). The van der Waals surface area contributed by atoms with Crippen molar-refractivity contribution in [1.29, 1.82) is 0 Å². The number of aryl methyl sites for hydroxylation is 2. The number of amides is 1. The molecule has 94 valence electrons. The highest BCUT2D eigenvalue weighted by atomic mass is 35.7. The lowest BCUT2D eigenvalue weighted by Crippen LogP contribution is -2.12. The van der Waals surface area contributed by atoms with Gasteiger partial charge in [-0.1, -0.05) is 0 Å². The molecular weight excluding hydrogens is 266 g/mol. The van der Waals surface area contributed by atoms with E-state index in [4.69, 9.17) is 10.7 Å². The molecule has 0 radical (unpaired) electrons. The number of methoxy groups -OCH3 is 1. The van der Waals surface area contributed by atoms with E-state index >= 15 is 0 Å². The Bertz CT molecular complexity index is 554. The van der Waals surface area contributed by atoms with Gasteiger partial charge in [-0.15, -0.1) is 0 Å². The minimum absolute atomic E-state index is 0.0343. The Labute approximate surface area is 104 Å². The molecule has 0 heterocycles. The number of anilines is 1. The topological polar surface area (TPSA) is 72.5 Å². The summed E-state index contributed by atoms with van der Waals surface area (Å²) in [5.41, 5.74) is 1.52. The average molecular weight is 278 g/mol. The largest absolute Gasteiger partial charge is 0.453 e. The second kappa shape index (κ2) is 4.93. The van der Waals surface area contributed by atoms with E-state index in [1.807, 2.05) is 0 Å². The van der Waals surface area contributed by atoms with Crippen LogP contribution in [0.4, 0.5) is 10.5 Å². The van der Waals surface area contributed by atoms with Crippen LogP contribution in [0.5, 0.6) is 0 Å². The fourth-order valence-corrected chi connectivity index (χ4v) is 2.61. The van der Waals surface area contributed by atoms with Gasteiger partial charge in [-0.25, -0.2) is 13.2 Å². The summed E-state index contributed by atoms with van der Waals surface area (Å²) in [5, 5.41) is 2.48. The van der Waals surface area contributed by atoms with E-state index in [2.05, 4.69) is 10.1 Å². The molecule has 0 saturated heterocycles. The van der Waals surface area contributed by atoms with Crippen LogP contribution in [-0.4, -0.2) is 21.6 Å². The van der Waals surface area contributed by atoms with Crippen LogP contribution in [-0.2, 0) is 13.8 Å². The van der Waals surface area contributed by atoms with Gasteiger partial charge in [0.25, 0.3) is 9.05 Å². The first-order valence-electron chi connectivity index (χ1n) is 4.66. The molecule has 7 heteroatoms. The molecule has 1 aromatic rings. The monoisotopic (exact) mass is 277 g/mol. The number of ether oxygens (including phenoxy) is 1. The van der Waals surface area contributed by atoms with Gasteiger partial charge >= 0.3 is 6.09 Å². The van der Waals surface area contributed by atoms with Gasteiger partial charge in [-0.3, -0.25) is 5.32 Å². The SMILES string of the molecule is COC(=O)Nc1cc(C)c(S(=O)(=O)Cl)cc1C. The Hall–Kier alpha value is -1.27. The van der Waals surface area contributed by atoms with Gasteiger partial charge in [0.05, 0.1) is 12.0 Å². The second-order valence-corrected chi connectivity index (χ2v) is 6.02. The molecule has 17 heavy (non-hydrogen) atoms. The van der Waals surface area contributed by atoms with E-state index in [1.165, 1.54) is 19.2 Å². The number of hydrogen-bond donors (Lipinski definition) is 1. The first-order valence-corrected chi connectivity index (χ1v) is 6.97. The molecule has 0 fully saturated rings. The zero-order valence-corrected chi connectivity index (χ0v) is 11.1. The third kappa shape index (κ3) is 3.34. The zero-order valence-electron chi connectivity index (χ0n) is 9.57. The Balaban J connectivity index is 3.24. The minimum Gasteiger partial charge on any atom is -0.453 e. The molecule has 0 aliphatic heterocycles. The molecule has 1 N–H and O–H groups in total. The number of hydrogen-bond acceptors (Lipinski definition) is 4. The van der Waals surface area contributed by atoms with Crippen molar-refractivity contribution in [3.63, 3.8) is 0 Å². The number of carbonyl (C=O) groups excluding carboxylic acids is 1. The van der Waals surface area contributed by atoms with E-state index in [1.54, 1.807) is 13.8 Å². The van der Waals surface area contributed by atoms with Crippen LogP contribution in [0.2, 0.25) is 0 Å². The molecule has 0 aromatic heterocycles. The molecule has 1 amide bonds. The third-order valence-corrected chi connectivity index (χ3v) is 3.67. The summed E-state index contributed by atoms with van der Waals surface area (Å²) in [4.78, 5) is 11.1. The van der Waals surface area contributed by atoms with Crippen molar-refractivity contribution >= 4 is 31.5 Å². The van der Waals surface area contributed by atoms with Gasteiger partial charge in [0.2, 0.25) is 0 Å². The van der Waals surface area contributed by atoms with Crippen molar-refractivity contribution in [2.75, 3.05) is 12.4 Å². The lowest BCUT2D eigenvalue weighted by molar-refractivity contribution is 0.187. The maximum absolute atomic E-state index is 11.2. The van der Waals surface area contributed by atoms with Gasteiger partial charge in [-0.05, 0) is 37.1 Å². The van der Waals surface area contributed by atoms with E-state index in [0.29, 0.717) is 16.8 Å². The highest BCUT2D eigenvalue weighted by molar-refractivity contribution is 8.13. The third-order valence-electron chi connectivity index (χ3n) is 2.21. The van der Waals surface area contributed by atoms with Crippen LogP contribution in [0.15, 0.2) is 17.0 Å². The van der Waals surface area contributed by atoms with Crippen LogP contribution in [0.1, 0.15) is 11.1 Å². The Morgan fingerprint density at radius 3 is 2.35 bits per heavy atom. The Morgan fingerprint density at radius 2 is 1.88 bits per heavy atom. The summed E-state index contributed by atoms with van der Waals surface area (Å²) in [5.74, 6) is 0. The lowest BCUT2D eigenvalue weighted by Gasteiger charge is -2.10. The number of benzene rings is 1. The molecule has 5 nitrogen and oxygen atoms in total. The summed E-state index contributed by atoms with van der Waals surface area (Å²) >= 11 is 0. The molecule has 0 unspecified atom stereocenters. The maximum Gasteiger partial charge on any atom is 0.411 e. The second-order valence-electron chi connectivity index (χ2n) is 3.49. The molecule has 1 aromatic carbocycles. The molecule has 1 rings (SSSR count). The first-order chi connectivity index (χ1) is 7.75.